The second-order valence-corrected chi connectivity index (χ2v) is 7.94. The van der Waals surface area contributed by atoms with Crippen molar-refractivity contribution < 1.29 is 9.21 Å². The molecule has 11 heteroatoms. The fourth-order valence-electron chi connectivity index (χ4n) is 3.25. The number of benzene rings is 1. The summed E-state index contributed by atoms with van der Waals surface area (Å²) < 4.78 is 8.68. The summed E-state index contributed by atoms with van der Waals surface area (Å²) >= 11 is 3.18. The molecule has 0 saturated heterocycles. The van der Waals surface area contributed by atoms with Crippen LogP contribution < -0.4 is 10.9 Å². The number of fused-ring (bicyclic) bond motifs is 1. The van der Waals surface area contributed by atoms with Crippen molar-refractivity contribution >= 4 is 38.7 Å². The van der Waals surface area contributed by atoms with Gasteiger partial charge in [-0.05, 0) is 54.0 Å². The number of rotatable bonds is 4. The van der Waals surface area contributed by atoms with Crippen molar-refractivity contribution in [1.82, 2.24) is 29.5 Å². The third kappa shape index (κ3) is 3.52. The fraction of sp³-hybridized carbons (Fsp3) is 0.0952. The van der Waals surface area contributed by atoms with Gasteiger partial charge in [-0.2, -0.15) is 19.9 Å². The second-order valence-electron chi connectivity index (χ2n) is 7.16. The maximum Gasteiger partial charge on any atom is 0.292 e. The van der Waals surface area contributed by atoms with Gasteiger partial charge in [0, 0.05) is 6.07 Å². The minimum absolute atomic E-state index is 0.122. The molecule has 0 aliphatic carbocycles. The zero-order chi connectivity index (χ0) is 22.4. The van der Waals surface area contributed by atoms with Crippen LogP contribution in [-0.4, -0.2) is 35.4 Å². The number of hydrogen-bond acceptors (Lipinski definition) is 6. The van der Waals surface area contributed by atoms with Crippen LogP contribution in [-0.2, 0) is 0 Å². The lowest BCUT2D eigenvalue weighted by Crippen LogP contribution is -2.19. The van der Waals surface area contributed by atoms with Crippen LogP contribution in [0.5, 0.6) is 0 Å². The van der Waals surface area contributed by atoms with E-state index in [4.69, 9.17) is 4.42 Å². The van der Waals surface area contributed by atoms with Crippen LogP contribution in [0.2, 0.25) is 0 Å². The van der Waals surface area contributed by atoms with Crippen LogP contribution in [0.3, 0.4) is 0 Å². The number of aryl methyl sites for hydroxylation is 2. The maximum absolute atomic E-state index is 12.7. The molecule has 4 aromatic heterocycles. The van der Waals surface area contributed by atoms with Crippen molar-refractivity contribution in [1.29, 1.82) is 0 Å². The smallest absolute Gasteiger partial charge is 0.292 e. The number of aromatic amines is 1. The number of H-pyrrole nitrogens is 1. The van der Waals surface area contributed by atoms with E-state index >= 15 is 0 Å². The van der Waals surface area contributed by atoms with Gasteiger partial charge in [-0.15, -0.1) is 0 Å². The lowest BCUT2D eigenvalue weighted by molar-refractivity contribution is 0.0994. The number of carbonyl (C=O) groups excluding carboxylic acids is 1. The van der Waals surface area contributed by atoms with Crippen LogP contribution in [0.15, 0.2) is 62.5 Å². The van der Waals surface area contributed by atoms with E-state index < -0.39 is 5.91 Å². The fourth-order valence-corrected chi connectivity index (χ4v) is 3.55. The largest absolute Gasteiger partial charge is 0.444 e. The van der Waals surface area contributed by atoms with Crippen LogP contribution >= 0.6 is 15.9 Å². The van der Waals surface area contributed by atoms with Gasteiger partial charge >= 0.3 is 0 Å². The number of anilines is 1. The van der Waals surface area contributed by atoms with Crippen molar-refractivity contribution in [3.05, 3.63) is 80.7 Å². The summed E-state index contributed by atoms with van der Waals surface area (Å²) in [6, 6.07) is 12.5. The summed E-state index contributed by atoms with van der Waals surface area (Å²) in [6.07, 6.45) is 1.47. The van der Waals surface area contributed by atoms with Gasteiger partial charge in [-0.3, -0.25) is 14.6 Å². The van der Waals surface area contributed by atoms with Gasteiger partial charge in [-0.25, -0.2) is 4.68 Å². The molecule has 5 aromatic rings. The molecule has 0 aliphatic rings. The molecule has 4 heterocycles. The Morgan fingerprint density at radius 2 is 1.91 bits per heavy atom. The summed E-state index contributed by atoms with van der Waals surface area (Å²) in [4.78, 5) is 32.6. The van der Waals surface area contributed by atoms with Gasteiger partial charge < -0.3 is 9.73 Å². The van der Waals surface area contributed by atoms with E-state index in [1.165, 1.54) is 10.9 Å². The Kier molecular flexibility index (Phi) is 4.74. The first-order valence-electron chi connectivity index (χ1n) is 9.58. The number of amides is 1. The first-order chi connectivity index (χ1) is 15.4. The van der Waals surface area contributed by atoms with E-state index in [0.29, 0.717) is 27.2 Å². The topological polar surface area (TPSA) is 124 Å². The van der Waals surface area contributed by atoms with Crippen molar-refractivity contribution in [2.24, 2.45) is 0 Å². The van der Waals surface area contributed by atoms with Crippen LogP contribution in [0.1, 0.15) is 21.8 Å². The van der Waals surface area contributed by atoms with Crippen LogP contribution in [0.25, 0.3) is 22.7 Å². The van der Waals surface area contributed by atoms with Gasteiger partial charge in [0.25, 0.3) is 11.5 Å². The normalized spacial score (nSPS) is 11.2. The highest BCUT2D eigenvalue weighted by Gasteiger charge is 2.18. The quantitative estimate of drug-likeness (QED) is 0.394. The lowest BCUT2D eigenvalue weighted by Gasteiger charge is -2.08. The molecular formula is C21H16BrN7O3. The van der Waals surface area contributed by atoms with Crippen LogP contribution in [0, 0.1) is 13.8 Å². The Labute approximate surface area is 189 Å². The third-order valence-corrected chi connectivity index (χ3v) is 5.20. The minimum Gasteiger partial charge on any atom is -0.444 e. The Hall–Kier alpha value is -3.99. The Balaban J connectivity index is 1.59. The summed E-state index contributed by atoms with van der Waals surface area (Å²) in [5, 5.41) is 11.8. The van der Waals surface area contributed by atoms with Gasteiger partial charge in [0.2, 0.25) is 5.95 Å². The first-order valence-corrected chi connectivity index (χ1v) is 10.4. The average molecular weight is 494 g/mol. The molecular weight excluding hydrogens is 478 g/mol. The number of aromatic nitrogens is 6. The highest BCUT2D eigenvalue weighted by Crippen LogP contribution is 2.20. The van der Waals surface area contributed by atoms with E-state index in [2.05, 4.69) is 41.4 Å². The highest BCUT2D eigenvalue weighted by atomic mass is 79.9. The number of halogens is 1. The molecule has 2 N–H and O–H groups in total. The second kappa shape index (κ2) is 7.61. The number of nitrogens with zero attached hydrogens (tertiary/aromatic N) is 5. The van der Waals surface area contributed by atoms with Crippen molar-refractivity contribution in [2.75, 3.05) is 5.32 Å². The van der Waals surface area contributed by atoms with E-state index in [1.54, 1.807) is 29.8 Å². The molecule has 0 radical (unpaired) electrons. The molecule has 0 aliphatic heterocycles. The van der Waals surface area contributed by atoms with Gasteiger partial charge in [0.15, 0.2) is 16.1 Å². The molecule has 0 unspecified atom stereocenters. The highest BCUT2D eigenvalue weighted by molar-refractivity contribution is 9.10. The molecule has 0 spiro atoms. The van der Waals surface area contributed by atoms with E-state index in [0.717, 1.165) is 11.3 Å². The van der Waals surface area contributed by atoms with Gasteiger partial charge in [-0.1, -0.05) is 17.7 Å². The predicted octanol–water partition coefficient (Wildman–Crippen LogP) is 3.52. The Bertz CT molecular complexity index is 1530. The molecule has 1 amide bonds. The summed E-state index contributed by atoms with van der Waals surface area (Å²) in [5.74, 6) is 0.117. The minimum atomic E-state index is -0.468. The molecule has 5 rings (SSSR count). The number of furan rings is 1. The summed E-state index contributed by atoms with van der Waals surface area (Å²) in [7, 11) is 0. The average Bonchev–Trinajstić information content (AvgIpc) is 3.47. The van der Waals surface area contributed by atoms with Crippen LogP contribution in [0.4, 0.5) is 5.82 Å². The van der Waals surface area contributed by atoms with Crippen molar-refractivity contribution in [3.8, 4) is 11.6 Å². The van der Waals surface area contributed by atoms with E-state index in [1.807, 2.05) is 31.2 Å². The SMILES string of the molecule is Cc1ccc(-n2ncc3c(=O)[nH]c(-n4nc(C)cc4NC(=O)c4ccc(Br)o4)nc32)cc1. The molecule has 0 bridgehead atoms. The molecule has 32 heavy (non-hydrogen) atoms. The lowest BCUT2D eigenvalue weighted by atomic mass is 10.2. The zero-order valence-corrected chi connectivity index (χ0v) is 18.5. The number of hydrogen-bond donors (Lipinski definition) is 2. The standard InChI is InChI=1S/C21H16BrN7O3/c1-11-3-5-13(6-4-11)28-18-14(10-23-28)19(30)26-21(25-18)29-17(9-12(2)27-29)24-20(31)15-7-8-16(22)32-15/h3-10H,1-2H3,(H,24,31)(H,25,26,30). The molecule has 10 nitrogen and oxygen atoms in total. The van der Waals surface area contributed by atoms with Crippen molar-refractivity contribution in [2.45, 2.75) is 13.8 Å². The molecule has 1 aromatic carbocycles. The monoisotopic (exact) mass is 493 g/mol. The Morgan fingerprint density at radius 1 is 1.12 bits per heavy atom. The van der Waals surface area contributed by atoms with Gasteiger partial charge in [0.05, 0.1) is 17.6 Å². The van der Waals surface area contributed by atoms with E-state index in [9.17, 15) is 9.59 Å². The summed E-state index contributed by atoms with van der Waals surface area (Å²) in [5.41, 5.74) is 2.49. The van der Waals surface area contributed by atoms with E-state index in [-0.39, 0.29) is 17.3 Å². The first kappa shape index (κ1) is 19.9. The Morgan fingerprint density at radius 3 is 2.62 bits per heavy atom. The summed E-state index contributed by atoms with van der Waals surface area (Å²) in [6.45, 7) is 3.76. The molecule has 0 saturated carbocycles. The zero-order valence-electron chi connectivity index (χ0n) is 17.0. The maximum atomic E-state index is 12.7. The molecule has 0 fully saturated rings. The molecule has 0 atom stereocenters. The van der Waals surface area contributed by atoms with Crippen molar-refractivity contribution in [3.63, 3.8) is 0 Å². The third-order valence-electron chi connectivity index (χ3n) is 4.77. The van der Waals surface area contributed by atoms with Gasteiger partial charge in [0.1, 0.15) is 11.2 Å². The molecule has 160 valence electrons. The number of carbonyl (C=O) groups is 1. The number of nitrogens with one attached hydrogen (secondary N) is 2. The predicted molar refractivity (Wildman–Crippen MR) is 120 cm³/mol.